The van der Waals surface area contributed by atoms with Crippen LogP contribution in [-0.2, 0) is 6.54 Å². The molecule has 0 atom stereocenters. The minimum Gasteiger partial charge on any atom is -0.346 e. The zero-order valence-corrected chi connectivity index (χ0v) is 11.2. The first-order valence-corrected chi connectivity index (χ1v) is 7.25. The molecule has 0 bridgehead atoms. The van der Waals surface area contributed by atoms with Crippen molar-refractivity contribution in [3.8, 4) is 0 Å². The van der Waals surface area contributed by atoms with Gasteiger partial charge < -0.3 is 10.6 Å². The number of piperazine rings is 1. The van der Waals surface area contributed by atoms with Gasteiger partial charge >= 0.3 is 0 Å². The Morgan fingerprint density at radius 1 is 1.29 bits per heavy atom. The summed E-state index contributed by atoms with van der Waals surface area (Å²) in [5.41, 5.74) is 6.82. The molecule has 3 rings (SSSR count). The molecule has 1 aromatic heterocycles. The average molecular weight is 252 g/mol. The van der Waals surface area contributed by atoms with Gasteiger partial charge in [-0.25, -0.2) is 4.98 Å². The van der Waals surface area contributed by atoms with Gasteiger partial charge in [0.05, 0.1) is 5.69 Å². The van der Waals surface area contributed by atoms with E-state index in [4.69, 9.17) is 5.73 Å². The van der Waals surface area contributed by atoms with Crippen molar-refractivity contribution in [3.05, 3.63) is 10.6 Å². The van der Waals surface area contributed by atoms with E-state index < -0.39 is 0 Å². The van der Waals surface area contributed by atoms with Gasteiger partial charge in [0, 0.05) is 43.6 Å². The lowest BCUT2D eigenvalue weighted by molar-refractivity contribution is 0.248. The second-order valence-corrected chi connectivity index (χ2v) is 6.03. The van der Waals surface area contributed by atoms with Gasteiger partial charge in [0.15, 0.2) is 5.13 Å². The van der Waals surface area contributed by atoms with Crippen molar-refractivity contribution < 1.29 is 0 Å². The summed E-state index contributed by atoms with van der Waals surface area (Å²) >= 11 is 1.76. The highest BCUT2D eigenvalue weighted by atomic mass is 32.1. The van der Waals surface area contributed by atoms with Crippen LogP contribution in [0, 0.1) is 6.92 Å². The molecule has 0 spiro atoms. The van der Waals surface area contributed by atoms with Crippen molar-refractivity contribution in [2.45, 2.75) is 32.4 Å². The number of aromatic nitrogens is 1. The minimum absolute atomic E-state index is 0.617. The Kier molecular flexibility index (Phi) is 3.06. The maximum atomic E-state index is 5.71. The molecule has 1 aliphatic carbocycles. The van der Waals surface area contributed by atoms with E-state index in [0.29, 0.717) is 6.54 Å². The predicted octanol–water partition coefficient (Wildman–Crippen LogP) is 1.19. The lowest BCUT2D eigenvalue weighted by Gasteiger charge is -2.34. The van der Waals surface area contributed by atoms with Gasteiger partial charge in [-0.15, -0.1) is 11.3 Å². The quantitative estimate of drug-likeness (QED) is 0.878. The minimum atomic E-state index is 0.617. The molecule has 1 saturated heterocycles. The molecule has 94 valence electrons. The van der Waals surface area contributed by atoms with E-state index in [-0.39, 0.29) is 0 Å². The number of hydrogen-bond donors (Lipinski definition) is 1. The van der Waals surface area contributed by atoms with Crippen molar-refractivity contribution in [1.82, 2.24) is 9.88 Å². The molecule has 0 aromatic carbocycles. The molecule has 0 radical (unpaired) electrons. The Hall–Kier alpha value is -0.650. The molecular weight excluding hydrogens is 232 g/mol. The number of anilines is 1. The molecule has 2 aliphatic rings. The smallest absolute Gasteiger partial charge is 0.185 e. The largest absolute Gasteiger partial charge is 0.346 e. The summed E-state index contributed by atoms with van der Waals surface area (Å²) in [6, 6.07) is 0.898. The second kappa shape index (κ2) is 4.55. The maximum absolute atomic E-state index is 5.71. The third-order valence-corrected chi connectivity index (χ3v) is 4.96. The summed E-state index contributed by atoms with van der Waals surface area (Å²) < 4.78 is 0. The van der Waals surface area contributed by atoms with Crippen LogP contribution >= 0.6 is 11.3 Å². The zero-order chi connectivity index (χ0) is 11.8. The van der Waals surface area contributed by atoms with E-state index in [1.165, 1.54) is 35.9 Å². The van der Waals surface area contributed by atoms with E-state index in [2.05, 4.69) is 21.7 Å². The highest BCUT2D eigenvalue weighted by molar-refractivity contribution is 7.15. The molecule has 1 aliphatic heterocycles. The number of rotatable bonds is 3. The molecule has 5 heteroatoms. The fourth-order valence-corrected chi connectivity index (χ4v) is 3.45. The molecule has 2 fully saturated rings. The third kappa shape index (κ3) is 2.32. The van der Waals surface area contributed by atoms with Gasteiger partial charge in [0.25, 0.3) is 0 Å². The Morgan fingerprint density at radius 3 is 2.53 bits per heavy atom. The van der Waals surface area contributed by atoms with Crippen LogP contribution in [0.1, 0.15) is 23.4 Å². The molecule has 1 aromatic rings. The molecule has 4 nitrogen and oxygen atoms in total. The van der Waals surface area contributed by atoms with Crippen molar-refractivity contribution in [3.63, 3.8) is 0 Å². The first kappa shape index (κ1) is 11.4. The second-order valence-electron chi connectivity index (χ2n) is 4.96. The third-order valence-electron chi connectivity index (χ3n) is 3.71. The van der Waals surface area contributed by atoms with Crippen LogP contribution < -0.4 is 10.6 Å². The summed E-state index contributed by atoms with van der Waals surface area (Å²) in [5, 5.41) is 1.17. The standard InChI is InChI=1S/C12H20N4S/c1-9-11(8-13)17-12(14-9)16-6-4-15(5-7-16)10-2-3-10/h10H,2-8,13H2,1H3. The Bertz CT molecular complexity index is 391. The van der Waals surface area contributed by atoms with Gasteiger partial charge in [0.2, 0.25) is 0 Å². The number of aryl methyl sites for hydroxylation is 1. The summed E-state index contributed by atoms with van der Waals surface area (Å²) in [5.74, 6) is 0. The number of hydrogen-bond acceptors (Lipinski definition) is 5. The van der Waals surface area contributed by atoms with Gasteiger partial charge in [0.1, 0.15) is 0 Å². The summed E-state index contributed by atoms with van der Waals surface area (Å²) in [7, 11) is 0. The average Bonchev–Trinajstić information content (AvgIpc) is 3.13. The van der Waals surface area contributed by atoms with Crippen molar-refractivity contribution in [2.24, 2.45) is 5.73 Å². The molecule has 0 amide bonds. The monoisotopic (exact) mass is 252 g/mol. The van der Waals surface area contributed by atoms with Crippen LogP contribution in [0.4, 0.5) is 5.13 Å². The van der Waals surface area contributed by atoms with E-state index in [1.807, 2.05) is 0 Å². The number of nitrogens with zero attached hydrogens (tertiary/aromatic N) is 3. The Balaban J connectivity index is 1.64. The van der Waals surface area contributed by atoms with E-state index >= 15 is 0 Å². The van der Waals surface area contributed by atoms with E-state index in [9.17, 15) is 0 Å². The normalized spacial score (nSPS) is 22.1. The van der Waals surface area contributed by atoms with Crippen LogP contribution in [0.15, 0.2) is 0 Å². The molecule has 0 unspecified atom stereocenters. The summed E-state index contributed by atoms with van der Waals surface area (Å²) in [6.45, 7) is 7.30. The van der Waals surface area contributed by atoms with Crippen molar-refractivity contribution in [1.29, 1.82) is 0 Å². The van der Waals surface area contributed by atoms with Gasteiger partial charge in [-0.2, -0.15) is 0 Å². The van der Waals surface area contributed by atoms with Gasteiger partial charge in [-0.05, 0) is 19.8 Å². The lowest BCUT2D eigenvalue weighted by atomic mass is 10.3. The van der Waals surface area contributed by atoms with Crippen LogP contribution in [0.2, 0.25) is 0 Å². The van der Waals surface area contributed by atoms with Gasteiger partial charge in [-0.1, -0.05) is 0 Å². The van der Waals surface area contributed by atoms with Crippen LogP contribution in [0.3, 0.4) is 0 Å². The fourth-order valence-electron chi connectivity index (χ4n) is 2.46. The van der Waals surface area contributed by atoms with Crippen molar-refractivity contribution in [2.75, 3.05) is 31.1 Å². The highest BCUT2D eigenvalue weighted by Crippen LogP contribution is 2.30. The molecule has 2 N–H and O–H groups in total. The van der Waals surface area contributed by atoms with Crippen LogP contribution in [-0.4, -0.2) is 42.1 Å². The molecule has 2 heterocycles. The Labute approximate surface area is 106 Å². The van der Waals surface area contributed by atoms with E-state index in [0.717, 1.165) is 24.8 Å². The number of nitrogens with two attached hydrogens (primary N) is 1. The van der Waals surface area contributed by atoms with E-state index in [1.54, 1.807) is 11.3 Å². The molecular formula is C12H20N4S. The maximum Gasteiger partial charge on any atom is 0.185 e. The fraction of sp³-hybridized carbons (Fsp3) is 0.750. The number of thiazole rings is 1. The topological polar surface area (TPSA) is 45.4 Å². The van der Waals surface area contributed by atoms with Gasteiger partial charge in [-0.3, -0.25) is 4.90 Å². The highest BCUT2D eigenvalue weighted by Gasteiger charge is 2.31. The van der Waals surface area contributed by atoms with Crippen LogP contribution in [0.5, 0.6) is 0 Å². The molecule has 17 heavy (non-hydrogen) atoms. The molecule has 1 saturated carbocycles. The Morgan fingerprint density at radius 2 is 2.00 bits per heavy atom. The summed E-state index contributed by atoms with van der Waals surface area (Å²) in [6.07, 6.45) is 2.82. The predicted molar refractivity (Wildman–Crippen MR) is 71.6 cm³/mol. The SMILES string of the molecule is Cc1nc(N2CCN(C3CC3)CC2)sc1CN. The first-order chi connectivity index (χ1) is 8.28. The zero-order valence-electron chi connectivity index (χ0n) is 10.4. The summed E-state index contributed by atoms with van der Waals surface area (Å²) in [4.78, 5) is 10.9. The van der Waals surface area contributed by atoms with Crippen LogP contribution in [0.25, 0.3) is 0 Å². The first-order valence-electron chi connectivity index (χ1n) is 6.43. The lowest BCUT2D eigenvalue weighted by Crippen LogP contribution is -2.47. The van der Waals surface area contributed by atoms with Crippen molar-refractivity contribution >= 4 is 16.5 Å².